The van der Waals surface area contributed by atoms with Crippen molar-refractivity contribution in [1.29, 1.82) is 0 Å². The van der Waals surface area contributed by atoms with E-state index in [9.17, 15) is 4.79 Å². The minimum absolute atomic E-state index is 0.0843. The molecule has 0 aliphatic carbocycles. The molecule has 0 aliphatic heterocycles. The van der Waals surface area contributed by atoms with Gasteiger partial charge in [0.25, 0.3) is 0 Å². The van der Waals surface area contributed by atoms with E-state index in [2.05, 4.69) is 43.1 Å². The second kappa shape index (κ2) is 11.2. The lowest BCUT2D eigenvalue weighted by atomic mass is 9.92. The first-order valence-corrected chi connectivity index (χ1v) is 11.8. The fourth-order valence-corrected chi connectivity index (χ4v) is 4.41. The maximum absolute atomic E-state index is 13.1. The minimum Gasteiger partial charge on any atom is -0.354 e. The van der Waals surface area contributed by atoms with Gasteiger partial charge in [-0.25, -0.2) is 0 Å². The molecule has 1 heterocycles. The number of rotatable bonds is 13. The van der Waals surface area contributed by atoms with Crippen LogP contribution in [0, 0.1) is 5.92 Å². The van der Waals surface area contributed by atoms with Crippen molar-refractivity contribution in [1.82, 2.24) is 4.98 Å². The minimum atomic E-state index is 0.0843. The molecule has 0 saturated heterocycles. The summed E-state index contributed by atoms with van der Waals surface area (Å²) in [5.74, 6) is 0.360. The maximum Gasteiger partial charge on any atom is 0.167 e. The lowest BCUT2D eigenvalue weighted by Crippen LogP contribution is -2.11. The van der Waals surface area contributed by atoms with Gasteiger partial charge in [0, 0.05) is 27.8 Å². The number of carbonyl (C=O) groups is 1. The largest absolute Gasteiger partial charge is 0.354 e. The van der Waals surface area contributed by atoms with Gasteiger partial charge in [0.2, 0.25) is 0 Å². The first-order chi connectivity index (χ1) is 14.2. The summed E-state index contributed by atoms with van der Waals surface area (Å²) in [6.07, 6.45) is 14.3. The van der Waals surface area contributed by atoms with Crippen LogP contribution in [0.15, 0.2) is 42.5 Å². The number of Topliss-reactive ketones (excluding diaryl/α,β-unsaturated/α-hetero) is 1. The van der Waals surface area contributed by atoms with Gasteiger partial charge in [-0.3, -0.25) is 4.79 Å². The number of unbranched alkanes of at least 4 members (excludes halogenated alkanes) is 9. The highest BCUT2D eigenvalue weighted by Crippen LogP contribution is 2.29. The summed E-state index contributed by atoms with van der Waals surface area (Å²) in [4.78, 5) is 16.6. The van der Waals surface area contributed by atoms with Crippen molar-refractivity contribution in [3.8, 4) is 0 Å². The Kier molecular flexibility index (Phi) is 8.34. The van der Waals surface area contributed by atoms with Gasteiger partial charge in [-0.2, -0.15) is 0 Å². The smallest absolute Gasteiger partial charge is 0.167 e. The van der Waals surface area contributed by atoms with Gasteiger partial charge in [0.1, 0.15) is 0 Å². The van der Waals surface area contributed by atoms with Gasteiger partial charge in [0.05, 0.1) is 5.52 Å². The van der Waals surface area contributed by atoms with Crippen LogP contribution in [0.5, 0.6) is 0 Å². The monoisotopic (exact) mass is 391 g/mol. The van der Waals surface area contributed by atoms with Crippen LogP contribution in [0.4, 0.5) is 0 Å². The van der Waals surface area contributed by atoms with Crippen molar-refractivity contribution in [2.24, 2.45) is 5.92 Å². The molecule has 2 aromatic carbocycles. The van der Waals surface area contributed by atoms with Crippen molar-refractivity contribution in [2.45, 2.75) is 84.5 Å². The van der Waals surface area contributed by atoms with Gasteiger partial charge < -0.3 is 4.98 Å². The molecule has 1 atom stereocenters. The molecule has 3 aromatic rings. The zero-order valence-corrected chi connectivity index (χ0v) is 18.3. The topological polar surface area (TPSA) is 32.9 Å². The molecule has 1 aromatic heterocycles. The Morgan fingerprint density at radius 1 is 0.793 bits per heavy atom. The van der Waals surface area contributed by atoms with Gasteiger partial charge in [-0.15, -0.1) is 0 Å². The van der Waals surface area contributed by atoms with E-state index in [0.29, 0.717) is 0 Å². The second-order valence-corrected chi connectivity index (χ2v) is 8.63. The van der Waals surface area contributed by atoms with Gasteiger partial charge >= 0.3 is 0 Å². The third kappa shape index (κ3) is 5.72. The number of para-hydroxylation sites is 2. The van der Waals surface area contributed by atoms with Crippen molar-refractivity contribution < 1.29 is 4.79 Å². The predicted molar refractivity (Wildman–Crippen MR) is 126 cm³/mol. The number of fused-ring (bicyclic) bond motifs is 3. The predicted octanol–water partition coefficient (Wildman–Crippen LogP) is 8.45. The summed E-state index contributed by atoms with van der Waals surface area (Å²) >= 11 is 0. The molecule has 3 rings (SSSR count). The number of nitrogens with one attached hydrogen (secondary N) is 1. The van der Waals surface area contributed by atoms with E-state index in [-0.39, 0.29) is 11.7 Å². The maximum atomic E-state index is 13.1. The summed E-state index contributed by atoms with van der Waals surface area (Å²) in [5, 5.41) is 2.34. The molecule has 2 nitrogen and oxygen atoms in total. The molecular weight excluding hydrogens is 354 g/mol. The number of H-pyrrole nitrogens is 1. The molecule has 0 bridgehead atoms. The standard InChI is InChI=1S/C27H37NO/c1-3-4-5-6-7-8-9-10-11-12-16-21(2)27(29)24-19-15-18-23-22-17-13-14-20-25(22)28-26(23)24/h13-15,17-21,28H,3-12,16H2,1-2H3. The van der Waals surface area contributed by atoms with Crippen LogP contribution in [0.3, 0.4) is 0 Å². The fourth-order valence-electron chi connectivity index (χ4n) is 4.41. The van der Waals surface area contributed by atoms with E-state index in [4.69, 9.17) is 0 Å². The van der Waals surface area contributed by atoms with E-state index in [0.717, 1.165) is 34.8 Å². The Bertz CT molecular complexity index is 907. The van der Waals surface area contributed by atoms with Gasteiger partial charge in [0.15, 0.2) is 5.78 Å². The summed E-state index contributed by atoms with van der Waals surface area (Å²) in [7, 11) is 0. The quantitative estimate of drug-likeness (QED) is 0.230. The highest BCUT2D eigenvalue weighted by atomic mass is 16.1. The summed E-state index contributed by atoms with van der Waals surface area (Å²) in [6.45, 7) is 4.36. The Morgan fingerprint density at radius 3 is 2.14 bits per heavy atom. The molecule has 0 fully saturated rings. The number of hydrogen-bond donors (Lipinski definition) is 1. The third-order valence-corrected chi connectivity index (χ3v) is 6.25. The van der Waals surface area contributed by atoms with Crippen LogP contribution >= 0.6 is 0 Å². The van der Waals surface area contributed by atoms with Crippen LogP contribution in [0.1, 0.15) is 94.8 Å². The van der Waals surface area contributed by atoms with Crippen molar-refractivity contribution in [3.63, 3.8) is 0 Å². The number of ketones is 1. The molecule has 1 N–H and O–H groups in total. The highest BCUT2D eigenvalue weighted by molar-refractivity contribution is 6.15. The Morgan fingerprint density at radius 2 is 1.41 bits per heavy atom. The number of benzene rings is 2. The second-order valence-electron chi connectivity index (χ2n) is 8.63. The van der Waals surface area contributed by atoms with Crippen molar-refractivity contribution in [2.75, 3.05) is 0 Å². The molecule has 0 saturated carbocycles. The zero-order valence-electron chi connectivity index (χ0n) is 18.3. The summed E-state index contributed by atoms with van der Waals surface area (Å²) < 4.78 is 0. The van der Waals surface area contributed by atoms with Crippen LogP contribution in [0.25, 0.3) is 21.8 Å². The van der Waals surface area contributed by atoms with E-state index in [1.165, 1.54) is 63.2 Å². The van der Waals surface area contributed by atoms with E-state index in [1.54, 1.807) is 0 Å². The SMILES string of the molecule is CCCCCCCCCCCCC(C)C(=O)c1cccc2c1[nH]c1ccccc12. The number of aromatic amines is 1. The highest BCUT2D eigenvalue weighted by Gasteiger charge is 2.19. The average molecular weight is 392 g/mol. The molecule has 29 heavy (non-hydrogen) atoms. The molecule has 0 spiro atoms. The summed E-state index contributed by atoms with van der Waals surface area (Å²) in [5.41, 5.74) is 2.94. The van der Waals surface area contributed by atoms with Crippen molar-refractivity contribution in [3.05, 3.63) is 48.0 Å². The van der Waals surface area contributed by atoms with Crippen LogP contribution < -0.4 is 0 Å². The molecule has 1 unspecified atom stereocenters. The number of aromatic nitrogens is 1. The molecular formula is C27H37NO. The molecule has 0 radical (unpaired) electrons. The third-order valence-electron chi connectivity index (χ3n) is 6.25. The zero-order chi connectivity index (χ0) is 20.5. The van der Waals surface area contributed by atoms with E-state index >= 15 is 0 Å². The molecule has 0 aliphatic rings. The molecule has 156 valence electrons. The Labute approximate surface area is 176 Å². The Balaban J connectivity index is 1.46. The van der Waals surface area contributed by atoms with Gasteiger partial charge in [-0.05, 0) is 18.6 Å². The first kappa shape index (κ1) is 21.6. The number of hydrogen-bond acceptors (Lipinski definition) is 1. The van der Waals surface area contributed by atoms with Crippen LogP contribution in [0.2, 0.25) is 0 Å². The fraction of sp³-hybridized carbons (Fsp3) is 0.519. The Hall–Kier alpha value is -2.09. The normalized spacial score (nSPS) is 12.6. The lowest BCUT2D eigenvalue weighted by molar-refractivity contribution is 0.0924. The van der Waals surface area contributed by atoms with Crippen LogP contribution in [-0.2, 0) is 0 Å². The average Bonchev–Trinajstić information content (AvgIpc) is 3.13. The first-order valence-electron chi connectivity index (χ1n) is 11.8. The van der Waals surface area contributed by atoms with E-state index < -0.39 is 0 Å². The van der Waals surface area contributed by atoms with Crippen molar-refractivity contribution >= 4 is 27.6 Å². The lowest BCUT2D eigenvalue weighted by Gasteiger charge is -2.11. The molecule has 2 heteroatoms. The van der Waals surface area contributed by atoms with Crippen LogP contribution in [-0.4, -0.2) is 10.8 Å². The summed E-state index contributed by atoms with van der Waals surface area (Å²) in [6, 6.07) is 14.4. The molecule has 0 amide bonds. The number of carbonyl (C=O) groups excluding carboxylic acids is 1. The van der Waals surface area contributed by atoms with E-state index in [1.807, 2.05) is 18.2 Å². The van der Waals surface area contributed by atoms with Gasteiger partial charge in [-0.1, -0.05) is 108 Å².